The van der Waals surface area contributed by atoms with Gasteiger partial charge in [-0.25, -0.2) is 9.97 Å². The number of carboxylic acid groups (broad SMARTS) is 1. The van der Waals surface area contributed by atoms with Gasteiger partial charge in [0.25, 0.3) is 0 Å². The molecule has 1 heterocycles. The largest absolute Gasteiger partial charge is 0.481 e. The van der Waals surface area contributed by atoms with E-state index in [4.69, 9.17) is 0 Å². The lowest BCUT2D eigenvalue weighted by Gasteiger charge is -2.13. The second kappa shape index (κ2) is 16.4. The Hall–Kier alpha value is -2.23. The van der Waals surface area contributed by atoms with Gasteiger partial charge in [0.1, 0.15) is 0 Å². The van der Waals surface area contributed by atoms with E-state index in [1.165, 1.54) is 69.8 Å². The summed E-state index contributed by atoms with van der Waals surface area (Å²) >= 11 is 0. The molecule has 182 valence electrons. The normalized spacial score (nSPS) is 12.1. The monoisotopic (exact) mass is 452 g/mol. The molecule has 2 rings (SSSR count). The third-order valence-corrected chi connectivity index (χ3v) is 6.47. The van der Waals surface area contributed by atoms with Gasteiger partial charge in [0.15, 0.2) is 5.82 Å². The van der Waals surface area contributed by atoms with Gasteiger partial charge in [-0.3, -0.25) is 4.79 Å². The van der Waals surface area contributed by atoms with Gasteiger partial charge in [-0.1, -0.05) is 109 Å². The first-order chi connectivity index (χ1) is 16.1. The maximum atomic E-state index is 11.7. The van der Waals surface area contributed by atoms with Crippen LogP contribution in [0.25, 0.3) is 11.4 Å². The van der Waals surface area contributed by atoms with Crippen LogP contribution in [-0.4, -0.2) is 21.0 Å². The fraction of sp³-hybridized carbons (Fsp3) is 0.621. The lowest BCUT2D eigenvalue weighted by atomic mass is 9.93. The van der Waals surface area contributed by atoms with Gasteiger partial charge < -0.3 is 5.11 Å². The molecule has 1 aromatic heterocycles. The molecule has 2 aromatic rings. The number of unbranched alkanes of at least 4 members (excludes halogenated alkanes) is 10. The van der Waals surface area contributed by atoms with E-state index in [1.54, 1.807) is 0 Å². The quantitative estimate of drug-likeness (QED) is 0.232. The van der Waals surface area contributed by atoms with Gasteiger partial charge in [-0.2, -0.15) is 0 Å². The number of aryl methyl sites for hydroxylation is 1. The zero-order chi connectivity index (χ0) is 23.7. The molecular weight excluding hydrogens is 408 g/mol. The van der Waals surface area contributed by atoms with Crippen LogP contribution < -0.4 is 0 Å². The van der Waals surface area contributed by atoms with E-state index >= 15 is 0 Å². The zero-order valence-corrected chi connectivity index (χ0v) is 20.9. The maximum absolute atomic E-state index is 11.7. The topological polar surface area (TPSA) is 63.1 Å². The molecule has 1 N–H and O–H groups in total. The van der Waals surface area contributed by atoms with Gasteiger partial charge in [0.2, 0.25) is 0 Å². The van der Waals surface area contributed by atoms with Crippen LogP contribution in [0.5, 0.6) is 0 Å². The maximum Gasteiger partial charge on any atom is 0.306 e. The van der Waals surface area contributed by atoms with Crippen molar-refractivity contribution in [2.75, 3.05) is 0 Å². The first kappa shape index (κ1) is 27.0. The van der Waals surface area contributed by atoms with Crippen molar-refractivity contribution in [2.45, 2.75) is 110 Å². The molecule has 0 aliphatic heterocycles. The molecule has 0 aliphatic rings. The summed E-state index contributed by atoms with van der Waals surface area (Å²) in [4.78, 5) is 20.8. The Labute approximate surface area is 201 Å². The summed E-state index contributed by atoms with van der Waals surface area (Å²) < 4.78 is 0. The molecule has 0 aliphatic carbocycles. The molecule has 4 nitrogen and oxygen atoms in total. The Kier molecular flexibility index (Phi) is 13.4. The molecule has 0 bridgehead atoms. The lowest BCUT2D eigenvalue weighted by Crippen LogP contribution is -2.16. The molecule has 0 radical (unpaired) electrons. The van der Waals surface area contributed by atoms with E-state index in [0.717, 1.165) is 42.6 Å². The van der Waals surface area contributed by atoms with E-state index in [9.17, 15) is 9.90 Å². The van der Waals surface area contributed by atoms with Crippen LogP contribution in [0.4, 0.5) is 0 Å². The fourth-order valence-electron chi connectivity index (χ4n) is 4.30. The van der Waals surface area contributed by atoms with Gasteiger partial charge in [0, 0.05) is 18.0 Å². The van der Waals surface area contributed by atoms with E-state index in [2.05, 4.69) is 23.8 Å². The predicted octanol–water partition coefficient (Wildman–Crippen LogP) is 8.04. The summed E-state index contributed by atoms with van der Waals surface area (Å²) in [5.74, 6) is -0.258. The first-order valence-electron chi connectivity index (χ1n) is 13.3. The third-order valence-electron chi connectivity index (χ3n) is 6.47. The Morgan fingerprint density at radius 3 is 1.88 bits per heavy atom. The number of aliphatic carboxylic acids is 1. The molecule has 33 heavy (non-hydrogen) atoms. The first-order valence-corrected chi connectivity index (χ1v) is 13.3. The van der Waals surface area contributed by atoms with Crippen LogP contribution in [0.2, 0.25) is 0 Å². The van der Waals surface area contributed by atoms with E-state index in [1.807, 2.05) is 36.7 Å². The minimum absolute atomic E-state index is 0.306. The molecule has 0 unspecified atom stereocenters. The fourth-order valence-corrected chi connectivity index (χ4v) is 4.30. The molecule has 0 saturated carbocycles. The Bertz CT molecular complexity index is 771. The van der Waals surface area contributed by atoms with Crippen LogP contribution in [0.3, 0.4) is 0 Å². The number of benzene rings is 1. The highest BCUT2D eigenvalue weighted by Crippen LogP contribution is 2.21. The van der Waals surface area contributed by atoms with Crippen molar-refractivity contribution in [3.05, 3.63) is 47.8 Å². The number of nitrogens with zero attached hydrogens (tertiary/aromatic N) is 2. The van der Waals surface area contributed by atoms with Crippen molar-refractivity contribution < 1.29 is 9.90 Å². The Morgan fingerprint density at radius 1 is 0.758 bits per heavy atom. The number of carboxylic acids is 1. The minimum atomic E-state index is -0.683. The third kappa shape index (κ3) is 11.0. The Morgan fingerprint density at radius 2 is 1.30 bits per heavy atom. The van der Waals surface area contributed by atoms with Crippen LogP contribution in [-0.2, 0) is 17.6 Å². The molecule has 4 heteroatoms. The van der Waals surface area contributed by atoms with E-state index in [-0.39, 0.29) is 5.92 Å². The van der Waals surface area contributed by atoms with Gasteiger partial charge in [0.05, 0.1) is 5.92 Å². The van der Waals surface area contributed by atoms with Crippen LogP contribution in [0.1, 0.15) is 108 Å². The lowest BCUT2D eigenvalue weighted by molar-refractivity contribution is -0.142. The van der Waals surface area contributed by atoms with Crippen molar-refractivity contribution in [1.82, 2.24) is 9.97 Å². The standard InChI is InChI=1S/C29H44N2O2/c1-3-5-7-9-11-13-15-25-22-30-28(31-23-25)26-19-17-24(18-20-26)21-27(29(32)33)16-14-12-10-8-6-4-2/h17-20,22-23,27H,3-16,21H2,1-2H3,(H,32,33)/t27-/m1/s1. The average Bonchev–Trinajstić information content (AvgIpc) is 2.83. The SMILES string of the molecule is CCCCCCCCc1cnc(-c2ccc(C[C@@H](CCCCCCCC)C(=O)O)cc2)nc1. The predicted molar refractivity (Wildman–Crippen MR) is 137 cm³/mol. The van der Waals surface area contributed by atoms with Crippen LogP contribution >= 0.6 is 0 Å². The second-order valence-corrected chi connectivity index (χ2v) is 9.43. The average molecular weight is 453 g/mol. The highest BCUT2D eigenvalue weighted by Gasteiger charge is 2.17. The molecule has 0 amide bonds. The van der Waals surface area contributed by atoms with Crippen molar-refractivity contribution >= 4 is 5.97 Å². The molecule has 0 fully saturated rings. The van der Waals surface area contributed by atoms with Gasteiger partial charge >= 0.3 is 5.97 Å². The van der Waals surface area contributed by atoms with Crippen molar-refractivity contribution in [1.29, 1.82) is 0 Å². The Balaban J connectivity index is 1.80. The summed E-state index contributed by atoms with van der Waals surface area (Å²) in [6, 6.07) is 8.09. The number of aromatic nitrogens is 2. The summed E-state index contributed by atoms with van der Waals surface area (Å²) in [5.41, 5.74) is 3.24. The zero-order valence-electron chi connectivity index (χ0n) is 20.9. The van der Waals surface area contributed by atoms with Crippen molar-refractivity contribution in [3.63, 3.8) is 0 Å². The number of hydrogen-bond acceptors (Lipinski definition) is 3. The molecule has 1 atom stereocenters. The van der Waals surface area contributed by atoms with Gasteiger partial charge in [-0.15, -0.1) is 0 Å². The van der Waals surface area contributed by atoms with Gasteiger partial charge in [-0.05, 0) is 36.8 Å². The number of rotatable bonds is 18. The molecule has 0 spiro atoms. The summed E-state index contributed by atoms with van der Waals surface area (Å²) in [5, 5.41) is 9.63. The molecular formula is C29H44N2O2. The van der Waals surface area contributed by atoms with Crippen LogP contribution in [0, 0.1) is 5.92 Å². The minimum Gasteiger partial charge on any atom is -0.481 e. The number of hydrogen-bond donors (Lipinski definition) is 1. The van der Waals surface area contributed by atoms with Crippen molar-refractivity contribution in [2.24, 2.45) is 5.92 Å². The van der Waals surface area contributed by atoms with E-state index in [0.29, 0.717) is 6.42 Å². The summed E-state index contributed by atoms with van der Waals surface area (Å²) in [6.07, 6.45) is 21.2. The summed E-state index contributed by atoms with van der Waals surface area (Å²) in [6.45, 7) is 4.46. The van der Waals surface area contributed by atoms with Crippen LogP contribution in [0.15, 0.2) is 36.7 Å². The molecule has 1 aromatic carbocycles. The molecule has 0 saturated heterocycles. The second-order valence-electron chi connectivity index (χ2n) is 9.43. The van der Waals surface area contributed by atoms with E-state index < -0.39 is 5.97 Å². The smallest absolute Gasteiger partial charge is 0.306 e. The summed E-state index contributed by atoms with van der Waals surface area (Å²) in [7, 11) is 0. The highest BCUT2D eigenvalue weighted by atomic mass is 16.4. The van der Waals surface area contributed by atoms with Crippen molar-refractivity contribution in [3.8, 4) is 11.4 Å². The highest BCUT2D eigenvalue weighted by molar-refractivity contribution is 5.70. The number of carbonyl (C=O) groups is 1.